The number of hydrogen-bond acceptors (Lipinski definition) is 3. The van der Waals surface area contributed by atoms with E-state index in [1.165, 1.54) is 44.1 Å². The Hall–Kier alpha value is -1.71. The van der Waals surface area contributed by atoms with Crippen molar-refractivity contribution in [3.05, 3.63) is 58.1 Å². The van der Waals surface area contributed by atoms with E-state index in [0.717, 1.165) is 46.2 Å². The molecule has 6 rings (SSSR count). The highest BCUT2D eigenvalue weighted by molar-refractivity contribution is 6.31. The Morgan fingerprint density at radius 2 is 1.70 bits per heavy atom. The summed E-state index contributed by atoms with van der Waals surface area (Å²) in [4.78, 5) is 0. The lowest BCUT2D eigenvalue weighted by Crippen LogP contribution is -2.58. The zero-order chi connectivity index (χ0) is 20.7. The summed E-state index contributed by atoms with van der Waals surface area (Å²) >= 11 is 6.68. The van der Waals surface area contributed by atoms with Crippen LogP contribution in [0.25, 0.3) is 0 Å². The molecule has 0 radical (unpaired) electrons. The van der Waals surface area contributed by atoms with Crippen LogP contribution in [0.4, 0.5) is 0 Å². The second-order valence-electron chi connectivity index (χ2n) is 9.92. The standard InChI is InChI=1S/C26H32ClNO2/c1-17-4-3-5-18(6-17)16-30-25-11-23(27)22(10-24(25)29-2)15-28-26-12-19-7-20(13-26)9-21(8-19)14-26/h3-6,10-11,19-21,28H,7-9,12-16H2,1-2H3. The first-order valence-corrected chi connectivity index (χ1v) is 11.7. The number of nitrogens with one attached hydrogen (secondary N) is 1. The molecule has 4 aliphatic carbocycles. The lowest BCUT2D eigenvalue weighted by atomic mass is 9.53. The van der Waals surface area contributed by atoms with Crippen molar-refractivity contribution < 1.29 is 9.47 Å². The lowest BCUT2D eigenvalue weighted by molar-refractivity contribution is -0.0206. The monoisotopic (exact) mass is 425 g/mol. The summed E-state index contributed by atoms with van der Waals surface area (Å²) in [5, 5.41) is 4.68. The van der Waals surface area contributed by atoms with Gasteiger partial charge in [-0.05, 0) is 80.4 Å². The summed E-state index contributed by atoms with van der Waals surface area (Å²) in [6, 6.07) is 12.3. The Morgan fingerprint density at radius 3 is 2.33 bits per heavy atom. The molecule has 30 heavy (non-hydrogen) atoms. The molecule has 0 saturated heterocycles. The summed E-state index contributed by atoms with van der Waals surface area (Å²) < 4.78 is 11.7. The lowest BCUT2D eigenvalue weighted by Gasteiger charge is -2.57. The zero-order valence-electron chi connectivity index (χ0n) is 18.0. The van der Waals surface area contributed by atoms with Crippen molar-refractivity contribution in [2.45, 2.75) is 64.1 Å². The van der Waals surface area contributed by atoms with Gasteiger partial charge in [-0.3, -0.25) is 0 Å². The van der Waals surface area contributed by atoms with Crippen molar-refractivity contribution >= 4 is 11.6 Å². The number of methoxy groups -OCH3 is 1. The van der Waals surface area contributed by atoms with Crippen molar-refractivity contribution in [3.8, 4) is 11.5 Å². The molecular formula is C26H32ClNO2. The molecule has 160 valence electrons. The number of benzene rings is 2. The maximum Gasteiger partial charge on any atom is 0.163 e. The molecule has 0 spiro atoms. The van der Waals surface area contributed by atoms with Gasteiger partial charge in [0.1, 0.15) is 6.61 Å². The normalized spacial score (nSPS) is 29.2. The van der Waals surface area contributed by atoms with Gasteiger partial charge in [-0.25, -0.2) is 0 Å². The highest BCUT2D eigenvalue weighted by atomic mass is 35.5. The molecule has 0 atom stereocenters. The fraction of sp³-hybridized carbons (Fsp3) is 0.538. The van der Waals surface area contributed by atoms with Gasteiger partial charge >= 0.3 is 0 Å². The predicted octanol–water partition coefficient (Wildman–Crippen LogP) is 6.29. The number of halogens is 1. The Labute approximate surface area is 185 Å². The van der Waals surface area contributed by atoms with Crippen molar-refractivity contribution in [1.29, 1.82) is 0 Å². The third-order valence-corrected chi connectivity index (χ3v) is 7.85. The fourth-order valence-electron chi connectivity index (χ4n) is 6.56. The molecule has 1 N–H and O–H groups in total. The molecule has 0 heterocycles. The third kappa shape index (κ3) is 4.07. The average molecular weight is 426 g/mol. The zero-order valence-corrected chi connectivity index (χ0v) is 18.8. The van der Waals surface area contributed by atoms with E-state index in [-0.39, 0.29) is 0 Å². The van der Waals surface area contributed by atoms with Gasteiger partial charge in [0.05, 0.1) is 7.11 Å². The van der Waals surface area contributed by atoms with Crippen LogP contribution in [-0.2, 0) is 13.2 Å². The fourth-order valence-corrected chi connectivity index (χ4v) is 6.78. The predicted molar refractivity (Wildman–Crippen MR) is 121 cm³/mol. The molecular weight excluding hydrogens is 394 g/mol. The van der Waals surface area contributed by atoms with Crippen LogP contribution in [0.15, 0.2) is 36.4 Å². The average Bonchev–Trinajstić information content (AvgIpc) is 2.70. The van der Waals surface area contributed by atoms with Crippen molar-refractivity contribution in [2.24, 2.45) is 17.8 Å². The van der Waals surface area contributed by atoms with Gasteiger partial charge in [0.2, 0.25) is 0 Å². The third-order valence-electron chi connectivity index (χ3n) is 7.50. The number of hydrogen-bond donors (Lipinski definition) is 1. The van der Waals surface area contributed by atoms with Crippen LogP contribution in [0.1, 0.15) is 55.2 Å². The Kier molecular flexibility index (Phi) is 5.45. The highest BCUT2D eigenvalue weighted by Crippen LogP contribution is 2.55. The molecule has 4 bridgehead atoms. The number of rotatable bonds is 7. The molecule has 4 saturated carbocycles. The van der Waals surface area contributed by atoms with E-state index in [4.69, 9.17) is 21.1 Å². The Balaban J connectivity index is 1.28. The topological polar surface area (TPSA) is 30.5 Å². The molecule has 2 aromatic rings. The minimum absolute atomic E-state index is 0.325. The van der Waals surface area contributed by atoms with E-state index in [1.54, 1.807) is 7.11 Å². The quantitative estimate of drug-likeness (QED) is 0.565. The number of ether oxygens (including phenoxy) is 2. The largest absolute Gasteiger partial charge is 0.493 e. The maximum absolute atomic E-state index is 6.68. The van der Waals surface area contributed by atoms with Crippen LogP contribution in [0.3, 0.4) is 0 Å². The van der Waals surface area contributed by atoms with Crippen LogP contribution in [0.2, 0.25) is 5.02 Å². The summed E-state index contributed by atoms with van der Waals surface area (Å²) in [6.45, 7) is 3.38. The van der Waals surface area contributed by atoms with E-state index < -0.39 is 0 Å². The molecule has 4 fully saturated rings. The molecule has 0 unspecified atom stereocenters. The van der Waals surface area contributed by atoms with E-state index >= 15 is 0 Å². The van der Waals surface area contributed by atoms with Gasteiger partial charge in [-0.1, -0.05) is 41.4 Å². The molecule has 0 aromatic heterocycles. The first-order valence-electron chi connectivity index (χ1n) is 11.3. The van der Waals surface area contributed by atoms with Crippen molar-refractivity contribution in [3.63, 3.8) is 0 Å². The highest BCUT2D eigenvalue weighted by Gasteiger charge is 2.50. The SMILES string of the molecule is COc1cc(CNC23CC4CC(CC(C4)C2)C3)c(Cl)cc1OCc1cccc(C)c1. The smallest absolute Gasteiger partial charge is 0.163 e. The van der Waals surface area contributed by atoms with Gasteiger partial charge in [0, 0.05) is 23.2 Å². The first kappa shape index (κ1) is 20.2. The van der Waals surface area contributed by atoms with Gasteiger partial charge in [0.25, 0.3) is 0 Å². The van der Waals surface area contributed by atoms with E-state index in [9.17, 15) is 0 Å². The minimum atomic E-state index is 0.325. The van der Waals surface area contributed by atoms with Gasteiger partial charge < -0.3 is 14.8 Å². The van der Waals surface area contributed by atoms with Crippen LogP contribution in [0, 0.1) is 24.7 Å². The van der Waals surface area contributed by atoms with E-state index in [0.29, 0.717) is 17.9 Å². The van der Waals surface area contributed by atoms with Gasteiger partial charge in [-0.2, -0.15) is 0 Å². The van der Waals surface area contributed by atoms with E-state index in [1.807, 2.05) is 12.1 Å². The van der Waals surface area contributed by atoms with Gasteiger partial charge in [0.15, 0.2) is 11.5 Å². The Morgan fingerprint density at radius 1 is 1.00 bits per heavy atom. The summed E-state index contributed by atoms with van der Waals surface area (Å²) in [6.07, 6.45) is 8.40. The van der Waals surface area contributed by atoms with Crippen LogP contribution < -0.4 is 14.8 Å². The summed E-state index contributed by atoms with van der Waals surface area (Å²) in [5.41, 5.74) is 3.78. The molecule has 0 aliphatic heterocycles. The number of aryl methyl sites for hydroxylation is 1. The summed E-state index contributed by atoms with van der Waals surface area (Å²) in [7, 11) is 1.69. The molecule has 2 aromatic carbocycles. The van der Waals surface area contributed by atoms with Crippen LogP contribution >= 0.6 is 11.6 Å². The molecule has 3 nitrogen and oxygen atoms in total. The molecule has 4 heteroatoms. The second kappa shape index (κ2) is 8.09. The Bertz CT molecular complexity index is 890. The van der Waals surface area contributed by atoms with Gasteiger partial charge in [-0.15, -0.1) is 0 Å². The first-order chi connectivity index (χ1) is 14.5. The van der Waals surface area contributed by atoms with Crippen molar-refractivity contribution in [1.82, 2.24) is 5.32 Å². The molecule has 0 amide bonds. The van der Waals surface area contributed by atoms with Crippen molar-refractivity contribution in [2.75, 3.05) is 7.11 Å². The summed E-state index contributed by atoms with van der Waals surface area (Å²) in [5.74, 6) is 4.25. The van der Waals surface area contributed by atoms with Crippen LogP contribution in [0.5, 0.6) is 11.5 Å². The van der Waals surface area contributed by atoms with E-state index in [2.05, 4.69) is 36.5 Å². The minimum Gasteiger partial charge on any atom is -0.493 e. The molecule has 4 aliphatic rings. The second-order valence-corrected chi connectivity index (χ2v) is 10.3. The van der Waals surface area contributed by atoms with Crippen LogP contribution in [-0.4, -0.2) is 12.6 Å². The maximum atomic E-state index is 6.68.